The predicted octanol–water partition coefficient (Wildman–Crippen LogP) is 1.33. The van der Waals surface area contributed by atoms with E-state index >= 15 is 0 Å². The van der Waals surface area contributed by atoms with Crippen molar-refractivity contribution in [1.82, 2.24) is 0 Å². The van der Waals surface area contributed by atoms with Gasteiger partial charge in [-0.25, -0.2) is 5.26 Å². The first-order chi connectivity index (χ1) is 4.70. The van der Waals surface area contributed by atoms with Crippen LogP contribution in [0.2, 0.25) is 13.1 Å². The molecule has 0 rings (SSSR count). The van der Waals surface area contributed by atoms with Crippen molar-refractivity contribution in [3.63, 3.8) is 0 Å². The second-order valence-electron chi connectivity index (χ2n) is 2.67. The minimum atomic E-state index is -0.212. The zero-order valence-electron chi connectivity index (χ0n) is 6.67. The summed E-state index contributed by atoms with van der Waals surface area (Å²) < 4.78 is 0. The molecule has 3 heteroatoms. The summed E-state index contributed by atoms with van der Waals surface area (Å²) in [5.74, 6) is 2.13. The molecular formula is C7H14BNO. The van der Waals surface area contributed by atoms with E-state index in [1.165, 1.54) is 0 Å². The number of nitriles is 1. The Labute approximate surface area is 62.9 Å². The Hall–Kier alpha value is -0.485. The van der Waals surface area contributed by atoms with Crippen molar-refractivity contribution in [1.29, 1.82) is 5.26 Å². The molecule has 0 saturated heterocycles. The van der Waals surface area contributed by atoms with Crippen LogP contribution in [0.25, 0.3) is 0 Å². The summed E-state index contributed by atoms with van der Waals surface area (Å²) in [6.07, 6.45) is 2.14. The number of hydrogen-bond donors (Lipinski definition) is 1. The van der Waals surface area contributed by atoms with Gasteiger partial charge in [0.15, 0.2) is 0 Å². The number of rotatable bonds is 4. The van der Waals surface area contributed by atoms with Crippen molar-refractivity contribution >= 4 is 6.71 Å². The van der Waals surface area contributed by atoms with Crippen LogP contribution in [-0.4, -0.2) is 17.9 Å². The first-order valence-corrected chi connectivity index (χ1v) is 3.78. The van der Waals surface area contributed by atoms with Gasteiger partial charge in [-0.05, 0) is 12.8 Å². The first kappa shape index (κ1) is 9.51. The highest BCUT2D eigenvalue weighted by Crippen LogP contribution is 2.03. The molecule has 1 unspecified atom stereocenters. The van der Waals surface area contributed by atoms with Crippen LogP contribution < -0.4 is 0 Å². The van der Waals surface area contributed by atoms with Gasteiger partial charge in [0.05, 0.1) is 6.10 Å². The third kappa shape index (κ3) is 4.40. The van der Waals surface area contributed by atoms with Crippen molar-refractivity contribution in [3.8, 4) is 5.97 Å². The molecule has 0 aliphatic rings. The zero-order valence-corrected chi connectivity index (χ0v) is 6.67. The number of hydrogen-bond acceptors (Lipinski definition) is 2. The Morgan fingerprint density at radius 3 is 2.70 bits per heavy atom. The normalized spacial score (nSPS) is 12.2. The third-order valence-electron chi connectivity index (χ3n) is 1.62. The molecule has 2 nitrogen and oxygen atoms in total. The van der Waals surface area contributed by atoms with E-state index in [1.807, 2.05) is 13.7 Å². The molecule has 0 aromatic carbocycles. The van der Waals surface area contributed by atoms with Crippen LogP contribution in [0.4, 0.5) is 0 Å². The minimum Gasteiger partial charge on any atom is -0.393 e. The van der Waals surface area contributed by atoms with Gasteiger partial charge < -0.3 is 5.11 Å². The molecule has 0 spiro atoms. The molecular weight excluding hydrogens is 125 g/mol. The Bertz CT molecular complexity index is 121. The summed E-state index contributed by atoms with van der Waals surface area (Å²) in [6.45, 7) is 3.91. The molecule has 0 aromatic heterocycles. The van der Waals surface area contributed by atoms with Crippen LogP contribution in [0.15, 0.2) is 0 Å². The molecule has 0 radical (unpaired) electrons. The smallest absolute Gasteiger partial charge is 0.264 e. The predicted molar refractivity (Wildman–Crippen MR) is 43.0 cm³/mol. The summed E-state index contributed by atoms with van der Waals surface area (Å²) in [4.78, 5) is 0. The van der Waals surface area contributed by atoms with E-state index in [1.54, 1.807) is 0 Å². The zero-order chi connectivity index (χ0) is 7.98. The number of nitrogens with zero attached hydrogens (tertiary/aromatic N) is 1. The largest absolute Gasteiger partial charge is 0.393 e. The van der Waals surface area contributed by atoms with Crippen LogP contribution >= 0.6 is 0 Å². The molecule has 0 heterocycles. The average molecular weight is 139 g/mol. The quantitative estimate of drug-likeness (QED) is 0.597. The second-order valence-corrected chi connectivity index (χ2v) is 2.67. The van der Waals surface area contributed by atoms with Gasteiger partial charge in [0.25, 0.3) is 6.71 Å². The van der Waals surface area contributed by atoms with Crippen molar-refractivity contribution in [2.75, 3.05) is 0 Å². The van der Waals surface area contributed by atoms with Crippen LogP contribution in [0.1, 0.15) is 19.8 Å². The van der Waals surface area contributed by atoms with Crippen LogP contribution in [-0.2, 0) is 0 Å². The fourth-order valence-electron chi connectivity index (χ4n) is 0.711. The first-order valence-electron chi connectivity index (χ1n) is 3.78. The Kier molecular flexibility index (Phi) is 5.05. The van der Waals surface area contributed by atoms with Crippen LogP contribution in [0.5, 0.6) is 0 Å². The maximum Gasteiger partial charge on any atom is 0.264 e. The van der Waals surface area contributed by atoms with Crippen molar-refractivity contribution in [3.05, 3.63) is 0 Å². The van der Waals surface area contributed by atoms with E-state index in [9.17, 15) is 0 Å². The molecule has 0 aromatic rings. The molecule has 56 valence electrons. The van der Waals surface area contributed by atoms with Gasteiger partial charge in [0.2, 0.25) is 0 Å². The topological polar surface area (TPSA) is 44.0 Å². The lowest BCUT2D eigenvalue weighted by Crippen LogP contribution is -2.10. The summed E-state index contributed by atoms with van der Waals surface area (Å²) >= 11 is 0. The lowest BCUT2D eigenvalue weighted by Gasteiger charge is -2.05. The molecule has 1 atom stereocenters. The van der Waals surface area contributed by atoms with Crippen molar-refractivity contribution < 1.29 is 5.11 Å². The highest BCUT2D eigenvalue weighted by Gasteiger charge is 2.08. The summed E-state index contributed by atoms with van der Waals surface area (Å²) in [6, 6.07) is 0. The summed E-state index contributed by atoms with van der Waals surface area (Å²) in [5.41, 5.74) is 0. The molecule has 0 aliphatic carbocycles. The highest BCUT2D eigenvalue weighted by atomic mass is 16.3. The van der Waals surface area contributed by atoms with E-state index in [4.69, 9.17) is 10.4 Å². The van der Waals surface area contributed by atoms with Crippen LogP contribution in [0, 0.1) is 11.2 Å². The molecule has 1 N–H and O–H groups in total. The summed E-state index contributed by atoms with van der Waals surface area (Å²) in [7, 11) is 0. The van der Waals surface area contributed by atoms with Gasteiger partial charge in [-0.15, -0.1) is 0 Å². The van der Waals surface area contributed by atoms with E-state index in [-0.39, 0.29) is 12.8 Å². The summed E-state index contributed by atoms with van der Waals surface area (Å²) in [5, 5.41) is 17.5. The standard InChI is InChI=1S/C7H14BNO/c1-3-7(10)4-5-8(2)6-9/h7,10H,3-5H2,1-2H3. The molecule has 0 fully saturated rings. The van der Waals surface area contributed by atoms with Gasteiger partial charge in [-0.3, -0.25) is 0 Å². The second kappa shape index (κ2) is 5.31. The fraction of sp³-hybridized carbons (Fsp3) is 0.857. The fourth-order valence-corrected chi connectivity index (χ4v) is 0.711. The van der Waals surface area contributed by atoms with Gasteiger partial charge in [-0.2, -0.15) is 0 Å². The third-order valence-corrected chi connectivity index (χ3v) is 1.62. The van der Waals surface area contributed by atoms with Crippen molar-refractivity contribution in [2.45, 2.75) is 39.0 Å². The van der Waals surface area contributed by atoms with Gasteiger partial charge in [0, 0.05) is 5.97 Å². The van der Waals surface area contributed by atoms with Gasteiger partial charge in [-0.1, -0.05) is 20.1 Å². The molecule has 0 amide bonds. The molecule has 0 saturated carbocycles. The molecule has 0 bridgehead atoms. The maximum atomic E-state index is 9.09. The maximum absolute atomic E-state index is 9.09. The Morgan fingerprint density at radius 2 is 2.30 bits per heavy atom. The Morgan fingerprint density at radius 1 is 1.70 bits per heavy atom. The van der Waals surface area contributed by atoms with Gasteiger partial charge in [0.1, 0.15) is 0 Å². The highest BCUT2D eigenvalue weighted by molar-refractivity contribution is 6.65. The number of aliphatic hydroxyl groups is 1. The number of aliphatic hydroxyl groups excluding tert-OH is 1. The van der Waals surface area contributed by atoms with E-state index in [0.717, 1.165) is 19.2 Å². The lowest BCUT2D eigenvalue weighted by atomic mass is 9.50. The molecule has 10 heavy (non-hydrogen) atoms. The van der Waals surface area contributed by atoms with E-state index < -0.39 is 0 Å². The molecule has 0 aliphatic heterocycles. The monoisotopic (exact) mass is 139 g/mol. The lowest BCUT2D eigenvalue weighted by molar-refractivity contribution is 0.166. The SMILES string of the molecule is CCC(O)CCB(C)C#N. The van der Waals surface area contributed by atoms with Crippen molar-refractivity contribution in [2.24, 2.45) is 0 Å². The van der Waals surface area contributed by atoms with Gasteiger partial charge >= 0.3 is 0 Å². The van der Waals surface area contributed by atoms with E-state index in [2.05, 4.69) is 5.97 Å². The van der Waals surface area contributed by atoms with Crippen LogP contribution in [0.3, 0.4) is 0 Å². The van der Waals surface area contributed by atoms with E-state index in [0.29, 0.717) is 0 Å². The Balaban J connectivity index is 3.28. The minimum absolute atomic E-state index is 0.0844. The average Bonchev–Trinajstić information content (AvgIpc) is 1.99.